The number of aliphatic hydroxyl groups excluding tert-OH is 1. The minimum Gasteiger partial charge on any atom is -0.390 e. The molecule has 2 fully saturated rings. The zero-order valence-electron chi connectivity index (χ0n) is 18.9. The number of nitrogens with one attached hydrogen (secondary N) is 3. The molecule has 5 heterocycles. The predicted molar refractivity (Wildman–Crippen MR) is 131 cm³/mol. The quantitative estimate of drug-likeness (QED) is 0.335. The van der Waals surface area contributed by atoms with E-state index < -0.39 is 11.9 Å². The van der Waals surface area contributed by atoms with Crippen molar-refractivity contribution in [2.45, 2.75) is 37.3 Å². The molecule has 1 aliphatic carbocycles. The molecule has 0 bridgehead atoms. The Balaban J connectivity index is 1.41. The molecule has 6 rings (SSSR count). The van der Waals surface area contributed by atoms with E-state index in [1.54, 1.807) is 18.5 Å². The van der Waals surface area contributed by atoms with Crippen LogP contribution in [0.25, 0.3) is 22.3 Å². The monoisotopic (exact) mass is 472 g/mol. The lowest BCUT2D eigenvalue weighted by Gasteiger charge is -2.30. The number of aliphatic hydroxyl groups is 1. The highest BCUT2D eigenvalue weighted by Gasteiger charge is 2.29. The van der Waals surface area contributed by atoms with Crippen molar-refractivity contribution in [1.82, 2.24) is 30.2 Å². The molecule has 2 aliphatic rings. The second-order valence-corrected chi connectivity index (χ2v) is 8.99. The normalized spacial score (nSPS) is 20.1. The average molecular weight is 473 g/mol. The van der Waals surface area contributed by atoms with Crippen molar-refractivity contribution in [3.05, 3.63) is 60.4 Å². The molecule has 0 aromatic carbocycles. The lowest BCUT2D eigenvalue weighted by atomic mass is 10.0. The van der Waals surface area contributed by atoms with Crippen molar-refractivity contribution >= 4 is 28.4 Å². The average Bonchev–Trinajstić information content (AvgIpc) is 3.72. The first-order valence-corrected chi connectivity index (χ1v) is 11.8. The third-order valence-corrected chi connectivity index (χ3v) is 6.45. The Kier molecular flexibility index (Phi) is 5.67. The highest BCUT2D eigenvalue weighted by atomic mass is 19.1. The van der Waals surface area contributed by atoms with Gasteiger partial charge in [-0.25, -0.2) is 24.3 Å². The molecule has 4 aromatic rings. The summed E-state index contributed by atoms with van der Waals surface area (Å²) in [5.74, 6) is 1.71. The topological polar surface area (TPSA) is 121 Å². The Hall–Kier alpha value is -3.76. The van der Waals surface area contributed by atoms with Gasteiger partial charge in [0.2, 0.25) is 0 Å². The minimum atomic E-state index is -0.520. The summed E-state index contributed by atoms with van der Waals surface area (Å²) in [7, 11) is 0. The van der Waals surface area contributed by atoms with Crippen LogP contribution in [0.4, 0.5) is 21.8 Å². The largest absolute Gasteiger partial charge is 0.390 e. The van der Waals surface area contributed by atoms with Crippen LogP contribution in [0.15, 0.2) is 49.1 Å². The van der Waals surface area contributed by atoms with Crippen LogP contribution in [0.3, 0.4) is 0 Å². The minimum absolute atomic E-state index is 0.0945. The predicted octanol–water partition coefficient (Wildman–Crippen LogP) is 3.38. The molecule has 1 saturated heterocycles. The van der Waals surface area contributed by atoms with Gasteiger partial charge in [-0.3, -0.25) is 4.98 Å². The number of halogens is 1. The molecule has 0 radical (unpaired) electrons. The molecule has 1 saturated carbocycles. The lowest BCUT2D eigenvalue weighted by Crippen LogP contribution is -2.47. The van der Waals surface area contributed by atoms with Gasteiger partial charge in [0.1, 0.15) is 11.6 Å². The number of β-amino-alcohol motifs (C(OH)–C–C–N with tert-alkyl or cyclic N) is 1. The number of fused-ring (bicyclic) bond motifs is 1. The fraction of sp³-hybridized carbons (Fsp3) is 0.320. The summed E-state index contributed by atoms with van der Waals surface area (Å²) in [5, 5.41) is 21.1. The Morgan fingerprint density at radius 1 is 1.03 bits per heavy atom. The molecule has 4 N–H and O–H groups in total. The number of pyridine rings is 3. The Labute approximate surface area is 201 Å². The van der Waals surface area contributed by atoms with E-state index >= 15 is 0 Å². The van der Waals surface area contributed by atoms with Crippen molar-refractivity contribution in [3.8, 4) is 11.4 Å². The van der Waals surface area contributed by atoms with Crippen molar-refractivity contribution < 1.29 is 9.50 Å². The van der Waals surface area contributed by atoms with Gasteiger partial charge in [0.05, 0.1) is 23.9 Å². The van der Waals surface area contributed by atoms with Crippen LogP contribution in [0, 0.1) is 5.82 Å². The molecule has 2 atom stereocenters. The van der Waals surface area contributed by atoms with E-state index in [9.17, 15) is 9.50 Å². The number of anilines is 3. The van der Waals surface area contributed by atoms with E-state index in [1.807, 2.05) is 12.3 Å². The van der Waals surface area contributed by atoms with Gasteiger partial charge >= 0.3 is 0 Å². The molecule has 2 unspecified atom stereocenters. The first kappa shape index (κ1) is 21.8. The molecule has 1 aliphatic heterocycles. The molecule has 10 heteroatoms. The van der Waals surface area contributed by atoms with Gasteiger partial charge in [-0.15, -0.1) is 0 Å². The Morgan fingerprint density at radius 2 is 1.94 bits per heavy atom. The molecule has 4 aromatic heterocycles. The molecule has 0 spiro atoms. The Bertz CT molecular complexity index is 1380. The van der Waals surface area contributed by atoms with Gasteiger partial charge in [-0.05, 0) is 61.6 Å². The third-order valence-electron chi connectivity index (χ3n) is 6.45. The smallest absolute Gasteiger partial charge is 0.167 e. The summed E-state index contributed by atoms with van der Waals surface area (Å²) >= 11 is 0. The number of piperidine rings is 1. The van der Waals surface area contributed by atoms with Crippen molar-refractivity contribution in [2.24, 2.45) is 0 Å². The van der Waals surface area contributed by atoms with Crippen LogP contribution in [-0.2, 0) is 0 Å². The van der Waals surface area contributed by atoms with Crippen LogP contribution >= 0.6 is 0 Å². The maximum atomic E-state index is 14.1. The zero-order valence-corrected chi connectivity index (χ0v) is 18.9. The molecule has 9 nitrogen and oxygen atoms in total. The van der Waals surface area contributed by atoms with Gasteiger partial charge in [0.15, 0.2) is 17.5 Å². The third kappa shape index (κ3) is 4.50. The maximum absolute atomic E-state index is 14.1. The standard InChI is InChI=1S/C25H25FN8O/c26-17-2-1-7-30-24(17)33-21-10-15(5-9-29-21)23-32-19-12-28-11-16(14-3-4-14)22(19)25(34-23)31-18-6-8-27-13-20(18)35/h1-2,5,7,9-12,14,18,20,27,35H,3-4,6,8,13H2,(H,29,30,33)(H,31,32,34). The molecular formula is C25H25FN8O. The van der Waals surface area contributed by atoms with Gasteiger partial charge in [-0.1, -0.05) is 0 Å². The fourth-order valence-electron chi connectivity index (χ4n) is 4.47. The van der Waals surface area contributed by atoms with Crippen molar-refractivity contribution in [2.75, 3.05) is 23.7 Å². The van der Waals surface area contributed by atoms with Gasteiger partial charge in [0, 0.05) is 36.1 Å². The SMILES string of the molecule is OC1CNCCC1Nc1nc(-c2ccnc(Nc3ncccc3F)c2)nc2cncc(C3CC3)c12. The van der Waals surface area contributed by atoms with E-state index in [1.165, 1.54) is 18.3 Å². The number of nitrogens with zero attached hydrogens (tertiary/aromatic N) is 5. The number of rotatable bonds is 6. The van der Waals surface area contributed by atoms with Crippen LogP contribution < -0.4 is 16.0 Å². The summed E-state index contributed by atoms with van der Waals surface area (Å²) in [4.78, 5) is 22.5. The summed E-state index contributed by atoms with van der Waals surface area (Å²) in [6.07, 6.45) is 9.30. The maximum Gasteiger partial charge on any atom is 0.167 e. The Morgan fingerprint density at radius 3 is 2.77 bits per heavy atom. The summed E-state index contributed by atoms with van der Waals surface area (Å²) < 4.78 is 14.1. The molecule has 0 amide bonds. The molecule has 35 heavy (non-hydrogen) atoms. The number of hydrogen-bond acceptors (Lipinski definition) is 9. The van der Waals surface area contributed by atoms with E-state index in [0.717, 1.165) is 42.3 Å². The van der Waals surface area contributed by atoms with Crippen LogP contribution in [0.5, 0.6) is 0 Å². The molecule has 178 valence electrons. The second kappa shape index (κ2) is 9.12. The summed E-state index contributed by atoms with van der Waals surface area (Å²) in [5.41, 5.74) is 2.60. The van der Waals surface area contributed by atoms with Crippen LogP contribution in [-0.4, -0.2) is 55.3 Å². The fourth-order valence-corrected chi connectivity index (χ4v) is 4.47. The van der Waals surface area contributed by atoms with E-state index in [2.05, 4.69) is 30.9 Å². The van der Waals surface area contributed by atoms with Gasteiger partial charge in [0.25, 0.3) is 0 Å². The highest BCUT2D eigenvalue weighted by Crippen LogP contribution is 2.44. The first-order chi connectivity index (χ1) is 17.2. The van der Waals surface area contributed by atoms with Crippen molar-refractivity contribution in [3.63, 3.8) is 0 Å². The van der Waals surface area contributed by atoms with Crippen molar-refractivity contribution in [1.29, 1.82) is 0 Å². The van der Waals surface area contributed by atoms with E-state index in [0.29, 0.717) is 35.5 Å². The zero-order chi connectivity index (χ0) is 23.8. The highest BCUT2D eigenvalue weighted by molar-refractivity contribution is 5.93. The van der Waals surface area contributed by atoms with Crippen LogP contribution in [0.1, 0.15) is 30.7 Å². The van der Waals surface area contributed by atoms with E-state index in [-0.39, 0.29) is 11.9 Å². The van der Waals surface area contributed by atoms with E-state index in [4.69, 9.17) is 9.97 Å². The lowest BCUT2D eigenvalue weighted by molar-refractivity contribution is 0.128. The summed E-state index contributed by atoms with van der Waals surface area (Å²) in [6, 6.07) is 6.32. The number of aromatic nitrogens is 5. The van der Waals surface area contributed by atoms with Crippen LogP contribution in [0.2, 0.25) is 0 Å². The summed E-state index contributed by atoms with van der Waals surface area (Å²) in [6.45, 7) is 1.36. The van der Waals surface area contributed by atoms with Gasteiger partial charge < -0.3 is 21.1 Å². The second-order valence-electron chi connectivity index (χ2n) is 8.99. The molecular weight excluding hydrogens is 447 g/mol. The first-order valence-electron chi connectivity index (χ1n) is 11.8. The number of hydrogen-bond donors (Lipinski definition) is 4. The van der Waals surface area contributed by atoms with Gasteiger partial charge in [-0.2, -0.15) is 0 Å².